The summed E-state index contributed by atoms with van der Waals surface area (Å²) in [6.45, 7) is 1.94. The van der Waals surface area contributed by atoms with Crippen LogP contribution in [0.3, 0.4) is 0 Å². The van der Waals surface area contributed by atoms with Gasteiger partial charge in [-0.2, -0.15) is 0 Å². The average Bonchev–Trinajstić information content (AvgIpc) is 3.37. The number of benzene rings is 1. The van der Waals surface area contributed by atoms with E-state index in [0.717, 1.165) is 21.1 Å². The summed E-state index contributed by atoms with van der Waals surface area (Å²) in [5.41, 5.74) is 1.93. The molecule has 4 rings (SSSR count). The molecule has 2 aromatic heterocycles. The Morgan fingerprint density at radius 3 is 2.52 bits per heavy atom. The SMILES string of the molecule is Cc1ccc(C2/C(=C(\O)c3ccc(Cl)cc3)C(=O)C(=O)N2c2nncs2)s1. The van der Waals surface area contributed by atoms with E-state index >= 15 is 0 Å². The molecule has 1 saturated heterocycles. The summed E-state index contributed by atoms with van der Waals surface area (Å²) in [5.74, 6) is -1.74. The summed E-state index contributed by atoms with van der Waals surface area (Å²) in [6, 6.07) is 9.43. The molecular formula is C18H12ClN3O3S2. The Labute approximate surface area is 167 Å². The number of aliphatic hydroxyl groups excluding tert-OH is 1. The van der Waals surface area contributed by atoms with E-state index in [4.69, 9.17) is 11.6 Å². The van der Waals surface area contributed by atoms with Gasteiger partial charge in [0.25, 0.3) is 5.78 Å². The fourth-order valence-electron chi connectivity index (χ4n) is 2.93. The first-order chi connectivity index (χ1) is 13.0. The maximum atomic E-state index is 12.8. The minimum atomic E-state index is -0.757. The Morgan fingerprint density at radius 1 is 1.19 bits per heavy atom. The second kappa shape index (κ2) is 6.88. The van der Waals surface area contributed by atoms with Crippen LogP contribution in [0.1, 0.15) is 21.4 Å². The quantitative estimate of drug-likeness (QED) is 0.392. The van der Waals surface area contributed by atoms with E-state index in [1.807, 2.05) is 19.1 Å². The molecule has 1 aliphatic rings. The molecule has 3 aromatic rings. The van der Waals surface area contributed by atoms with E-state index in [1.165, 1.54) is 21.7 Å². The highest BCUT2D eigenvalue weighted by Gasteiger charge is 2.48. The van der Waals surface area contributed by atoms with E-state index in [-0.39, 0.29) is 11.3 Å². The molecule has 1 amide bonds. The van der Waals surface area contributed by atoms with Crippen LogP contribution >= 0.6 is 34.3 Å². The van der Waals surface area contributed by atoms with Crippen molar-refractivity contribution in [3.8, 4) is 0 Å². The third-order valence-corrected chi connectivity index (χ3v) is 6.14. The van der Waals surface area contributed by atoms with Gasteiger partial charge < -0.3 is 5.11 Å². The zero-order valence-electron chi connectivity index (χ0n) is 13.9. The zero-order valence-corrected chi connectivity index (χ0v) is 16.3. The summed E-state index contributed by atoms with van der Waals surface area (Å²) in [7, 11) is 0. The normalized spacial score (nSPS) is 19.0. The van der Waals surface area contributed by atoms with E-state index in [0.29, 0.717) is 15.7 Å². The fraction of sp³-hybridized carbons (Fsp3) is 0.111. The Morgan fingerprint density at radius 2 is 1.93 bits per heavy atom. The van der Waals surface area contributed by atoms with Gasteiger partial charge in [0.1, 0.15) is 17.3 Å². The van der Waals surface area contributed by atoms with Crippen LogP contribution in [-0.4, -0.2) is 27.0 Å². The van der Waals surface area contributed by atoms with Crippen molar-refractivity contribution in [2.45, 2.75) is 13.0 Å². The van der Waals surface area contributed by atoms with Crippen molar-refractivity contribution in [2.75, 3.05) is 4.90 Å². The van der Waals surface area contributed by atoms with Gasteiger partial charge in [0.2, 0.25) is 5.13 Å². The summed E-state index contributed by atoms with van der Waals surface area (Å²) >= 11 is 8.52. The number of anilines is 1. The molecule has 1 atom stereocenters. The molecule has 27 heavy (non-hydrogen) atoms. The summed E-state index contributed by atoms with van der Waals surface area (Å²) < 4.78 is 0. The standard InChI is InChI=1S/C18H12ClN3O3S2/c1-9-2-7-12(27-9)14-13(15(23)10-3-5-11(19)6-4-10)16(24)17(25)22(14)18-21-20-8-26-18/h2-8,14,23H,1H3/b15-13+. The van der Waals surface area contributed by atoms with Crippen LogP contribution in [0, 0.1) is 6.92 Å². The molecule has 6 nitrogen and oxygen atoms in total. The summed E-state index contributed by atoms with van der Waals surface area (Å²) in [5, 5.41) is 19.4. The van der Waals surface area contributed by atoms with Crippen molar-refractivity contribution in [2.24, 2.45) is 0 Å². The Hall–Kier alpha value is -2.55. The second-order valence-corrected chi connectivity index (χ2v) is 8.41. The first kappa shape index (κ1) is 17.8. The largest absolute Gasteiger partial charge is 0.507 e. The minimum Gasteiger partial charge on any atom is -0.507 e. The van der Waals surface area contributed by atoms with Crippen molar-refractivity contribution in [3.63, 3.8) is 0 Å². The molecule has 1 fully saturated rings. The fourth-order valence-corrected chi connectivity index (χ4v) is 4.62. The molecule has 0 aliphatic carbocycles. The topological polar surface area (TPSA) is 83.4 Å². The van der Waals surface area contributed by atoms with Crippen LogP contribution in [0.4, 0.5) is 5.13 Å². The molecule has 1 N–H and O–H groups in total. The molecule has 1 unspecified atom stereocenters. The van der Waals surface area contributed by atoms with Crippen LogP contribution < -0.4 is 4.90 Å². The number of aromatic nitrogens is 2. The molecule has 0 radical (unpaired) electrons. The lowest BCUT2D eigenvalue weighted by Crippen LogP contribution is -2.29. The second-order valence-electron chi connectivity index (χ2n) is 5.85. The van der Waals surface area contributed by atoms with Crippen LogP contribution in [0.15, 0.2) is 47.5 Å². The van der Waals surface area contributed by atoms with Crippen LogP contribution in [-0.2, 0) is 9.59 Å². The number of hydrogen-bond acceptors (Lipinski definition) is 7. The summed E-state index contributed by atoms with van der Waals surface area (Å²) in [6.07, 6.45) is 0. The lowest BCUT2D eigenvalue weighted by Gasteiger charge is -2.20. The van der Waals surface area contributed by atoms with Gasteiger partial charge in [0.05, 0.1) is 5.57 Å². The number of aliphatic hydroxyl groups is 1. The number of aryl methyl sites for hydroxylation is 1. The Balaban J connectivity index is 1.93. The van der Waals surface area contributed by atoms with Crippen molar-refractivity contribution < 1.29 is 14.7 Å². The first-order valence-electron chi connectivity index (χ1n) is 7.87. The number of rotatable bonds is 3. The van der Waals surface area contributed by atoms with Crippen molar-refractivity contribution >= 4 is 56.9 Å². The molecular weight excluding hydrogens is 406 g/mol. The van der Waals surface area contributed by atoms with Gasteiger partial charge in [0, 0.05) is 20.3 Å². The first-order valence-corrected chi connectivity index (χ1v) is 9.94. The highest BCUT2D eigenvalue weighted by Crippen LogP contribution is 2.44. The Kier molecular flexibility index (Phi) is 4.55. The third-order valence-electron chi connectivity index (χ3n) is 4.15. The molecule has 136 valence electrons. The van der Waals surface area contributed by atoms with Crippen LogP contribution in [0.2, 0.25) is 5.02 Å². The van der Waals surface area contributed by atoms with Crippen LogP contribution in [0.25, 0.3) is 5.76 Å². The van der Waals surface area contributed by atoms with Crippen LogP contribution in [0.5, 0.6) is 0 Å². The summed E-state index contributed by atoms with van der Waals surface area (Å²) in [4.78, 5) is 28.6. The number of amides is 1. The van der Waals surface area contributed by atoms with E-state index < -0.39 is 17.7 Å². The van der Waals surface area contributed by atoms with E-state index in [1.54, 1.807) is 24.3 Å². The number of Topliss-reactive ketones (excluding diaryl/α,β-unsaturated/α-hetero) is 1. The lowest BCUT2D eigenvalue weighted by atomic mass is 10.00. The maximum absolute atomic E-state index is 12.8. The molecule has 0 saturated carbocycles. The number of nitrogens with zero attached hydrogens (tertiary/aromatic N) is 3. The molecule has 0 bridgehead atoms. The lowest BCUT2D eigenvalue weighted by molar-refractivity contribution is -0.132. The molecule has 9 heteroatoms. The molecule has 3 heterocycles. The number of halogens is 1. The molecule has 1 aliphatic heterocycles. The van der Waals surface area contributed by atoms with Gasteiger partial charge in [-0.1, -0.05) is 22.9 Å². The van der Waals surface area contributed by atoms with Gasteiger partial charge in [-0.05, 0) is 43.3 Å². The predicted molar refractivity (Wildman–Crippen MR) is 105 cm³/mol. The zero-order chi connectivity index (χ0) is 19.1. The minimum absolute atomic E-state index is 0.0272. The number of carbonyl (C=O) groups is 2. The van der Waals surface area contributed by atoms with Crippen molar-refractivity contribution in [3.05, 3.63) is 67.8 Å². The predicted octanol–water partition coefficient (Wildman–Crippen LogP) is 4.19. The molecule has 1 aromatic carbocycles. The molecule has 0 spiro atoms. The van der Waals surface area contributed by atoms with Gasteiger partial charge in [-0.15, -0.1) is 21.5 Å². The number of thiophene rings is 1. The highest BCUT2D eigenvalue weighted by molar-refractivity contribution is 7.14. The average molecular weight is 418 g/mol. The maximum Gasteiger partial charge on any atom is 0.301 e. The Bertz CT molecular complexity index is 1060. The highest BCUT2D eigenvalue weighted by atomic mass is 35.5. The van der Waals surface area contributed by atoms with Crippen molar-refractivity contribution in [1.29, 1.82) is 0 Å². The van der Waals surface area contributed by atoms with E-state index in [9.17, 15) is 14.7 Å². The smallest absolute Gasteiger partial charge is 0.301 e. The van der Waals surface area contributed by atoms with Gasteiger partial charge in [-0.3, -0.25) is 14.5 Å². The van der Waals surface area contributed by atoms with Gasteiger partial charge >= 0.3 is 5.91 Å². The van der Waals surface area contributed by atoms with Crippen molar-refractivity contribution in [1.82, 2.24) is 10.2 Å². The van der Waals surface area contributed by atoms with Gasteiger partial charge in [0.15, 0.2) is 0 Å². The third kappa shape index (κ3) is 3.05. The monoisotopic (exact) mass is 417 g/mol. The number of hydrogen-bond donors (Lipinski definition) is 1. The van der Waals surface area contributed by atoms with E-state index in [2.05, 4.69) is 10.2 Å². The number of ketones is 1. The number of carbonyl (C=O) groups excluding carboxylic acids is 2. The van der Waals surface area contributed by atoms with Gasteiger partial charge in [-0.25, -0.2) is 0 Å².